The summed E-state index contributed by atoms with van der Waals surface area (Å²) >= 11 is 3.40. The van der Waals surface area contributed by atoms with Gasteiger partial charge in [0.2, 0.25) is 0 Å². The monoisotopic (exact) mass is 286 g/mol. The van der Waals surface area contributed by atoms with Gasteiger partial charge in [-0.05, 0) is 37.2 Å². The summed E-state index contributed by atoms with van der Waals surface area (Å²) in [5.41, 5.74) is 0. The first-order valence-electron chi connectivity index (χ1n) is 6.24. The summed E-state index contributed by atoms with van der Waals surface area (Å²) in [6.07, 6.45) is 4.13. The van der Waals surface area contributed by atoms with E-state index >= 15 is 0 Å². The average molecular weight is 286 g/mol. The van der Waals surface area contributed by atoms with E-state index in [0.717, 1.165) is 17.6 Å². The number of rotatable bonds is 5. The van der Waals surface area contributed by atoms with E-state index in [1.54, 1.807) is 13.1 Å². The Bertz CT molecular complexity index is 389. The molecule has 1 aromatic rings. The standard InChI is InChI=1S/C12H18N2O2S2/c1-2-16-11(15)10-8-14-12(18-10)13-7-9-3-5-17-6-4-9/h8-9H,2-7H2,1H3,(H,13,14). The third-order valence-corrected chi connectivity index (χ3v) is 4.85. The summed E-state index contributed by atoms with van der Waals surface area (Å²) in [5.74, 6) is 2.98. The van der Waals surface area contributed by atoms with Crippen LogP contribution in [0, 0.1) is 5.92 Å². The molecule has 0 saturated carbocycles. The Hall–Kier alpha value is -0.750. The second-order valence-corrected chi connectivity index (χ2v) is 6.44. The summed E-state index contributed by atoms with van der Waals surface area (Å²) < 4.78 is 4.94. The number of hydrogen-bond donors (Lipinski definition) is 1. The molecule has 0 aromatic carbocycles. The SMILES string of the molecule is CCOC(=O)c1cnc(NCC2CCSCC2)s1. The molecule has 0 aliphatic carbocycles. The first kappa shape index (κ1) is 13.7. The van der Waals surface area contributed by atoms with Gasteiger partial charge in [-0.1, -0.05) is 11.3 Å². The maximum Gasteiger partial charge on any atom is 0.350 e. The van der Waals surface area contributed by atoms with Crippen LogP contribution in [0.1, 0.15) is 29.4 Å². The quantitative estimate of drug-likeness (QED) is 0.844. The molecule has 18 heavy (non-hydrogen) atoms. The minimum atomic E-state index is -0.280. The molecule has 1 aliphatic rings. The van der Waals surface area contributed by atoms with E-state index < -0.39 is 0 Å². The molecule has 2 heterocycles. The van der Waals surface area contributed by atoms with Crippen LogP contribution in [0.2, 0.25) is 0 Å². The molecule has 1 aromatic heterocycles. The Labute approximate surface area is 116 Å². The molecule has 1 fully saturated rings. The van der Waals surface area contributed by atoms with Crippen molar-refractivity contribution in [3.63, 3.8) is 0 Å². The number of nitrogens with one attached hydrogen (secondary N) is 1. The third-order valence-electron chi connectivity index (χ3n) is 2.87. The van der Waals surface area contributed by atoms with Gasteiger partial charge in [-0.25, -0.2) is 9.78 Å². The molecule has 6 heteroatoms. The van der Waals surface area contributed by atoms with Gasteiger partial charge in [0.1, 0.15) is 4.88 Å². The lowest BCUT2D eigenvalue weighted by Gasteiger charge is -2.21. The molecule has 0 unspecified atom stereocenters. The number of hydrogen-bond acceptors (Lipinski definition) is 6. The average Bonchev–Trinajstić information content (AvgIpc) is 2.87. The Balaban J connectivity index is 1.80. The zero-order valence-electron chi connectivity index (χ0n) is 10.5. The van der Waals surface area contributed by atoms with E-state index in [0.29, 0.717) is 11.5 Å². The summed E-state index contributed by atoms with van der Waals surface area (Å²) in [7, 11) is 0. The van der Waals surface area contributed by atoms with Crippen LogP contribution in [0.3, 0.4) is 0 Å². The van der Waals surface area contributed by atoms with Crippen LogP contribution < -0.4 is 5.32 Å². The fourth-order valence-electron chi connectivity index (χ4n) is 1.83. The van der Waals surface area contributed by atoms with Crippen LogP contribution in [0.4, 0.5) is 5.13 Å². The maximum absolute atomic E-state index is 11.5. The normalized spacial score (nSPS) is 16.5. The van der Waals surface area contributed by atoms with Crippen molar-refractivity contribution in [1.29, 1.82) is 0 Å². The Morgan fingerprint density at radius 3 is 3.06 bits per heavy atom. The molecule has 1 saturated heterocycles. The van der Waals surface area contributed by atoms with Gasteiger partial charge in [0.05, 0.1) is 12.8 Å². The van der Waals surface area contributed by atoms with Crippen LogP contribution in [0.5, 0.6) is 0 Å². The van der Waals surface area contributed by atoms with Crippen LogP contribution >= 0.6 is 23.1 Å². The predicted molar refractivity (Wildman–Crippen MR) is 76.6 cm³/mol. The lowest BCUT2D eigenvalue weighted by molar-refractivity contribution is 0.0532. The van der Waals surface area contributed by atoms with Gasteiger partial charge < -0.3 is 10.1 Å². The maximum atomic E-state index is 11.5. The molecule has 0 amide bonds. The molecular weight excluding hydrogens is 268 g/mol. The smallest absolute Gasteiger partial charge is 0.350 e. The summed E-state index contributed by atoms with van der Waals surface area (Å²) in [4.78, 5) is 16.3. The molecule has 0 atom stereocenters. The van der Waals surface area contributed by atoms with Gasteiger partial charge >= 0.3 is 5.97 Å². The highest BCUT2D eigenvalue weighted by Gasteiger charge is 2.15. The Morgan fingerprint density at radius 2 is 2.33 bits per heavy atom. The summed E-state index contributed by atoms with van der Waals surface area (Å²) in [6.45, 7) is 3.16. The first-order valence-corrected chi connectivity index (χ1v) is 8.21. The van der Waals surface area contributed by atoms with Crippen molar-refractivity contribution in [1.82, 2.24) is 4.98 Å². The van der Waals surface area contributed by atoms with E-state index in [1.807, 2.05) is 11.8 Å². The van der Waals surface area contributed by atoms with Crippen molar-refractivity contribution in [3.8, 4) is 0 Å². The Kier molecular flexibility index (Phi) is 5.31. The van der Waals surface area contributed by atoms with Crippen molar-refractivity contribution >= 4 is 34.2 Å². The highest BCUT2D eigenvalue weighted by atomic mass is 32.2. The molecule has 2 rings (SSSR count). The summed E-state index contributed by atoms with van der Waals surface area (Å²) in [6, 6.07) is 0. The van der Waals surface area contributed by atoms with Crippen LogP contribution in [0.15, 0.2) is 6.20 Å². The van der Waals surface area contributed by atoms with Gasteiger partial charge in [-0.2, -0.15) is 11.8 Å². The third kappa shape index (κ3) is 3.88. The summed E-state index contributed by atoms with van der Waals surface area (Å²) in [5, 5.41) is 4.14. The van der Waals surface area contributed by atoms with Gasteiger partial charge in [0.15, 0.2) is 5.13 Å². The van der Waals surface area contributed by atoms with E-state index in [4.69, 9.17) is 4.74 Å². The van der Waals surface area contributed by atoms with E-state index in [2.05, 4.69) is 10.3 Å². The zero-order valence-corrected chi connectivity index (χ0v) is 12.1. The minimum Gasteiger partial charge on any atom is -0.462 e. The number of ether oxygens (including phenoxy) is 1. The molecule has 0 spiro atoms. The lowest BCUT2D eigenvalue weighted by atomic mass is 10.0. The van der Waals surface area contributed by atoms with Crippen molar-refractivity contribution in [2.75, 3.05) is 30.0 Å². The second-order valence-electron chi connectivity index (χ2n) is 4.19. The van der Waals surface area contributed by atoms with Crippen molar-refractivity contribution < 1.29 is 9.53 Å². The number of anilines is 1. The molecule has 4 nitrogen and oxygen atoms in total. The van der Waals surface area contributed by atoms with Gasteiger partial charge in [0, 0.05) is 6.54 Å². The molecule has 0 bridgehead atoms. The molecular formula is C12H18N2O2S2. The molecule has 1 N–H and O–H groups in total. The highest BCUT2D eigenvalue weighted by molar-refractivity contribution is 7.99. The molecule has 1 aliphatic heterocycles. The number of thiazole rings is 1. The minimum absolute atomic E-state index is 0.280. The second kappa shape index (κ2) is 6.99. The zero-order chi connectivity index (χ0) is 12.8. The molecule has 100 valence electrons. The van der Waals surface area contributed by atoms with Crippen LogP contribution in [-0.2, 0) is 4.74 Å². The largest absolute Gasteiger partial charge is 0.462 e. The van der Waals surface area contributed by atoms with E-state index in [9.17, 15) is 4.79 Å². The topological polar surface area (TPSA) is 51.2 Å². The van der Waals surface area contributed by atoms with Crippen LogP contribution in [-0.4, -0.2) is 35.6 Å². The van der Waals surface area contributed by atoms with Crippen LogP contribution in [0.25, 0.3) is 0 Å². The van der Waals surface area contributed by atoms with E-state index in [-0.39, 0.29) is 5.97 Å². The number of carbonyl (C=O) groups is 1. The number of aromatic nitrogens is 1. The van der Waals surface area contributed by atoms with Crippen molar-refractivity contribution in [2.24, 2.45) is 5.92 Å². The lowest BCUT2D eigenvalue weighted by Crippen LogP contribution is -2.18. The number of carbonyl (C=O) groups excluding carboxylic acids is 1. The number of esters is 1. The fourth-order valence-corrected chi connectivity index (χ4v) is 3.76. The predicted octanol–water partition coefficient (Wildman–Crippen LogP) is 2.87. The Morgan fingerprint density at radius 1 is 1.56 bits per heavy atom. The van der Waals surface area contributed by atoms with E-state index in [1.165, 1.54) is 35.7 Å². The van der Waals surface area contributed by atoms with Gasteiger partial charge in [0.25, 0.3) is 0 Å². The number of nitrogens with zero attached hydrogens (tertiary/aromatic N) is 1. The number of thioether (sulfide) groups is 1. The molecule has 0 radical (unpaired) electrons. The fraction of sp³-hybridized carbons (Fsp3) is 0.667. The van der Waals surface area contributed by atoms with Crippen molar-refractivity contribution in [2.45, 2.75) is 19.8 Å². The first-order chi connectivity index (χ1) is 8.79. The van der Waals surface area contributed by atoms with Crippen molar-refractivity contribution in [3.05, 3.63) is 11.1 Å². The van der Waals surface area contributed by atoms with Gasteiger partial charge in [-0.3, -0.25) is 0 Å². The van der Waals surface area contributed by atoms with Gasteiger partial charge in [-0.15, -0.1) is 0 Å². The highest BCUT2D eigenvalue weighted by Crippen LogP contribution is 2.24.